The Bertz CT molecular complexity index is 1460. The van der Waals surface area contributed by atoms with E-state index in [1.54, 1.807) is 41.3 Å². The van der Waals surface area contributed by atoms with E-state index in [0.717, 1.165) is 52.1 Å². The van der Waals surface area contributed by atoms with Crippen molar-refractivity contribution in [3.63, 3.8) is 0 Å². The molecule has 3 fully saturated rings. The Morgan fingerprint density at radius 3 is 2.50 bits per heavy atom. The van der Waals surface area contributed by atoms with Gasteiger partial charge in [-0.25, -0.2) is 4.39 Å². The van der Waals surface area contributed by atoms with Gasteiger partial charge in [-0.1, -0.05) is 20.8 Å². The summed E-state index contributed by atoms with van der Waals surface area (Å²) in [6.45, 7) is 11.0. The van der Waals surface area contributed by atoms with Gasteiger partial charge < -0.3 is 35.4 Å². The molecule has 2 aromatic rings. The predicted molar refractivity (Wildman–Crippen MR) is 177 cm³/mol. The molecule has 10 heteroatoms. The van der Waals surface area contributed by atoms with Crippen molar-refractivity contribution >= 4 is 23.2 Å². The summed E-state index contributed by atoms with van der Waals surface area (Å²) in [4.78, 5) is 30.1. The number of benzene rings is 2. The highest BCUT2D eigenvalue weighted by atomic mass is 19.1. The number of nitrogens with one attached hydrogen (secondary N) is 3. The van der Waals surface area contributed by atoms with Crippen LogP contribution in [-0.4, -0.2) is 78.5 Å². The second kappa shape index (κ2) is 15.1. The first kappa shape index (κ1) is 33.5. The molecule has 3 saturated heterocycles. The van der Waals surface area contributed by atoms with Gasteiger partial charge in [-0.05, 0) is 91.1 Å². The van der Waals surface area contributed by atoms with Gasteiger partial charge in [0.2, 0.25) is 5.91 Å². The van der Waals surface area contributed by atoms with E-state index in [1.807, 2.05) is 20.8 Å². The average molecular weight is 632 g/mol. The van der Waals surface area contributed by atoms with E-state index in [1.165, 1.54) is 12.1 Å². The molecule has 2 amide bonds. The van der Waals surface area contributed by atoms with Crippen LogP contribution < -0.4 is 10.1 Å². The fourth-order valence-corrected chi connectivity index (χ4v) is 6.22. The Hall–Kier alpha value is -3.89. The Morgan fingerprint density at radius 1 is 1.13 bits per heavy atom. The van der Waals surface area contributed by atoms with E-state index >= 15 is 4.39 Å². The fraction of sp³-hybridized carbons (Fsp3) is 0.500. The quantitative estimate of drug-likeness (QED) is 0.255. The van der Waals surface area contributed by atoms with Crippen LogP contribution in [0.2, 0.25) is 0 Å². The van der Waals surface area contributed by atoms with Crippen LogP contribution in [-0.2, 0) is 16.1 Å². The van der Waals surface area contributed by atoms with Crippen molar-refractivity contribution in [2.75, 3.05) is 39.4 Å². The Balaban J connectivity index is 1.30. The molecule has 0 radical (unpaired) electrons. The summed E-state index contributed by atoms with van der Waals surface area (Å²) in [5.41, 5.74) is 1.74. The minimum absolute atomic E-state index is 0.00828. The van der Waals surface area contributed by atoms with Crippen molar-refractivity contribution < 1.29 is 23.5 Å². The number of rotatable bonds is 12. The summed E-state index contributed by atoms with van der Waals surface area (Å²) >= 11 is 0. The smallest absolute Gasteiger partial charge is 0.254 e. The summed E-state index contributed by atoms with van der Waals surface area (Å²) in [5, 5.41) is 19.4. The van der Waals surface area contributed by atoms with Crippen molar-refractivity contribution in [1.29, 1.82) is 10.8 Å². The fourth-order valence-electron chi connectivity index (χ4n) is 6.22. The number of allylic oxidation sites excluding steroid dienone is 2. The summed E-state index contributed by atoms with van der Waals surface area (Å²) in [6, 6.07) is 9.63. The number of amides is 2. The number of piperidine rings is 1. The third-order valence-corrected chi connectivity index (χ3v) is 9.07. The van der Waals surface area contributed by atoms with Crippen LogP contribution in [0, 0.1) is 34.4 Å². The van der Waals surface area contributed by atoms with Crippen LogP contribution in [0.15, 0.2) is 48.6 Å². The normalized spacial score (nSPS) is 21.0. The van der Waals surface area contributed by atoms with Gasteiger partial charge in [0.1, 0.15) is 17.3 Å². The first-order valence-corrected chi connectivity index (χ1v) is 16.4. The lowest BCUT2D eigenvalue weighted by atomic mass is 10.0. The van der Waals surface area contributed by atoms with Crippen LogP contribution in [0.5, 0.6) is 11.5 Å². The molecule has 0 spiro atoms. The van der Waals surface area contributed by atoms with Crippen molar-refractivity contribution in [1.82, 2.24) is 15.1 Å². The number of halogens is 1. The summed E-state index contributed by atoms with van der Waals surface area (Å²) < 4.78 is 27.3. The summed E-state index contributed by atoms with van der Waals surface area (Å²) in [5.74, 6) is 0.495. The number of likely N-dealkylation sites (tertiary alicyclic amines) is 2. The zero-order valence-electron chi connectivity index (χ0n) is 27.1. The van der Waals surface area contributed by atoms with E-state index in [9.17, 15) is 9.59 Å². The molecular formula is C36H46FN5O4. The van der Waals surface area contributed by atoms with Crippen LogP contribution in [0.25, 0.3) is 0 Å². The van der Waals surface area contributed by atoms with E-state index in [-0.39, 0.29) is 41.6 Å². The second-order valence-electron chi connectivity index (χ2n) is 13.3. The molecular weight excluding hydrogens is 585 g/mol. The van der Waals surface area contributed by atoms with Crippen molar-refractivity contribution in [3.8, 4) is 11.5 Å². The van der Waals surface area contributed by atoms with Gasteiger partial charge in [-0.2, -0.15) is 0 Å². The largest absolute Gasteiger partial charge is 0.457 e. The first-order valence-electron chi connectivity index (χ1n) is 16.4. The molecule has 46 heavy (non-hydrogen) atoms. The summed E-state index contributed by atoms with van der Waals surface area (Å²) in [6.07, 6.45) is 6.37. The maximum atomic E-state index is 15.5. The molecule has 3 heterocycles. The van der Waals surface area contributed by atoms with Crippen LogP contribution in [0.3, 0.4) is 0 Å². The van der Waals surface area contributed by atoms with E-state index < -0.39 is 11.7 Å². The van der Waals surface area contributed by atoms with Crippen LogP contribution in [0.4, 0.5) is 4.39 Å². The average Bonchev–Trinajstić information content (AvgIpc) is 3.66. The topological polar surface area (TPSA) is 119 Å². The van der Waals surface area contributed by atoms with Gasteiger partial charge in [0.25, 0.3) is 5.91 Å². The zero-order chi connectivity index (χ0) is 32.8. The Kier molecular flexibility index (Phi) is 11.0. The zero-order valence-corrected chi connectivity index (χ0v) is 27.1. The monoisotopic (exact) mass is 631 g/mol. The molecule has 5 rings (SSSR count). The highest BCUT2D eigenvalue weighted by Gasteiger charge is 2.29. The number of nitrogens with zero attached hydrogens (tertiary/aromatic N) is 2. The molecule has 2 atom stereocenters. The number of hydrogen-bond acceptors (Lipinski definition) is 7. The van der Waals surface area contributed by atoms with Gasteiger partial charge in [0.05, 0.1) is 17.9 Å². The molecule has 0 bridgehead atoms. The maximum Gasteiger partial charge on any atom is 0.254 e. The van der Waals surface area contributed by atoms with Gasteiger partial charge in [-0.3, -0.25) is 9.59 Å². The lowest BCUT2D eigenvalue weighted by Crippen LogP contribution is -2.46. The second-order valence-corrected chi connectivity index (χ2v) is 13.3. The van der Waals surface area contributed by atoms with Gasteiger partial charge in [0, 0.05) is 63.1 Å². The first-order chi connectivity index (χ1) is 22.0. The number of ether oxygens (including phenoxy) is 2. The molecule has 9 nitrogen and oxygen atoms in total. The molecule has 1 unspecified atom stereocenters. The van der Waals surface area contributed by atoms with Crippen molar-refractivity contribution in [2.24, 2.45) is 17.8 Å². The highest BCUT2D eigenvalue weighted by Crippen LogP contribution is 2.32. The van der Waals surface area contributed by atoms with E-state index in [0.29, 0.717) is 47.2 Å². The lowest BCUT2D eigenvalue weighted by molar-refractivity contribution is -0.128. The highest BCUT2D eigenvalue weighted by molar-refractivity contribution is 6.10. The molecule has 3 aliphatic rings. The molecule has 0 saturated carbocycles. The summed E-state index contributed by atoms with van der Waals surface area (Å²) in [7, 11) is 0. The van der Waals surface area contributed by atoms with E-state index in [4.69, 9.17) is 20.3 Å². The Labute approximate surface area is 271 Å². The number of carbonyl (C=O) groups is 2. The van der Waals surface area contributed by atoms with Gasteiger partial charge in [0.15, 0.2) is 0 Å². The molecule has 0 aliphatic carbocycles. The molecule has 3 aliphatic heterocycles. The molecule has 2 aromatic carbocycles. The van der Waals surface area contributed by atoms with Crippen LogP contribution >= 0.6 is 0 Å². The third-order valence-electron chi connectivity index (χ3n) is 9.07. The molecule has 3 N–H and O–H groups in total. The third kappa shape index (κ3) is 8.67. The lowest BCUT2D eigenvalue weighted by Gasteiger charge is -2.33. The van der Waals surface area contributed by atoms with Gasteiger partial charge >= 0.3 is 0 Å². The minimum atomic E-state index is -0.652. The SMILES string of the molecule is CC(C)C(=N)/C=C\C(=N)c1ccc(Oc2cc(C(=O)NC3CCN(CC4CCOC4)CC3)c(F)cc2CN2C[C@@H](C)CC2=O)cc1. The molecule has 246 valence electrons. The van der Waals surface area contributed by atoms with Crippen LogP contribution in [0.1, 0.15) is 67.9 Å². The maximum absolute atomic E-state index is 15.5. The van der Waals surface area contributed by atoms with Crippen molar-refractivity contribution in [2.45, 2.75) is 59.0 Å². The Morgan fingerprint density at radius 2 is 1.87 bits per heavy atom. The van der Waals surface area contributed by atoms with Crippen molar-refractivity contribution in [3.05, 3.63) is 71.1 Å². The molecule has 0 aromatic heterocycles. The standard InChI is InChI=1S/C36H46FN5O4/c1-23(2)32(38)8-9-33(39)26-4-6-29(7-5-26)46-34-18-30(31(37)17-27(34)21-42-19-24(3)16-35(42)43)36(44)40-28-10-13-41(14-11-28)20-25-12-15-45-22-25/h4-9,17-18,23-25,28,38-39H,10-16,19-22H2,1-3H3,(H,40,44)/b9-8-,38-32?,39-33?/t24-,25?/m0/s1. The van der Waals surface area contributed by atoms with Gasteiger partial charge in [-0.15, -0.1) is 0 Å². The number of hydrogen-bond donors (Lipinski definition) is 3. The number of carbonyl (C=O) groups excluding carboxylic acids is 2. The predicted octanol–water partition coefficient (Wildman–Crippen LogP) is 5.82. The minimum Gasteiger partial charge on any atom is -0.457 e. The van der Waals surface area contributed by atoms with E-state index in [2.05, 4.69) is 10.2 Å².